The summed E-state index contributed by atoms with van der Waals surface area (Å²) in [4.78, 5) is 39.8. The zero-order valence-corrected chi connectivity index (χ0v) is 14.8. The molecular formula is C18H25N3O3. The van der Waals surface area contributed by atoms with Crippen molar-refractivity contribution in [1.29, 1.82) is 0 Å². The number of likely N-dealkylation sites (tertiary alicyclic amines) is 1. The second kappa shape index (κ2) is 7.47. The number of likely N-dealkylation sites (N-methyl/N-ethyl adjacent to an activating group) is 1. The van der Waals surface area contributed by atoms with E-state index in [4.69, 9.17) is 0 Å². The zero-order chi connectivity index (χ0) is 17.9. The van der Waals surface area contributed by atoms with E-state index in [0.29, 0.717) is 18.5 Å². The molecule has 0 aliphatic carbocycles. The smallest absolute Gasteiger partial charge is 0.251 e. The van der Waals surface area contributed by atoms with Crippen LogP contribution < -0.4 is 5.32 Å². The van der Waals surface area contributed by atoms with Gasteiger partial charge in [0, 0.05) is 26.2 Å². The highest BCUT2D eigenvalue weighted by Gasteiger charge is 2.34. The van der Waals surface area contributed by atoms with Crippen LogP contribution in [0.3, 0.4) is 0 Å². The van der Waals surface area contributed by atoms with E-state index in [9.17, 15) is 14.4 Å². The molecule has 6 nitrogen and oxygen atoms in total. The lowest BCUT2D eigenvalue weighted by Crippen LogP contribution is -2.48. The number of aryl methyl sites for hydroxylation is 2. The van der Waals surface area contributed by atoms with Gasteiger partial charge in [0.2, 0.25) is 11.8 Å². The van der Waals surface area contributed by atoms with Gasteiger partial charge in [0.1, 0.15) is 6.04 Å². The SMILES string of the molecule is Cc1cc(C)cc(C(=O)NCC(=O)N2CCCC2C(=O)N(C)C)c1. The molecule has 1 saturated heterocycles. The maximum absolute atomic E-state index is 12.4. The van der Waals surface area contributed by atoms with Crippen LogP contribution in [0, 0.1) is 13.8 Å². The fourth-order valence-electron chi connectivity index (χ4n) is 3.09. The van der Waals surface area contributed by atoms with Gasteiger partial charge in [0.15, 0.2) is 0 Å². The molecule has 0 aromatic heterocycles. The van der Waals surface area contributed by atoms with Crippen LogP contribution in [-0.2, 0) is 9.59 Å². The van der Waals surface area contributed by atoms with Crippen molar-refractivity contribution in [1.82, 2.24) is 15.1 Å². The van der Waals surface area contributed by atoms with E-state index in [1.807, 2.05) is 19.9 Å². The fourth-order valence-corrected chi connectivity index (χ4v) is 3.09. The molecule has 0 spiro atoms. The Bertz CT molecular complexity index is 635. The molecule has 1 N–H and O–H groups in total. The highest BCUT2D eigenvalue weighted by atomic mass is 16.2. The third kappa shape index (κ3) is 4.13. The number of nitrogens with one attached hydrogen (secondary N) is 1. The maximum Gasteiger partial charge on any atom is 0.251 e. The Morgan fingerprint density at radius 1 is 1.17 bits per heavy atom. The third-order valence-electron chi connectivity index (χ3n) is 4.18. The quantitative estimate of drug-likeness (QED) is 0.899. The lowest BCUT2D eigenvalue weighted by atomic mass is 10.1. The van der Waals surface area contributed by atoms with Crippen molar-refractivity contribution in [2.75, 3.05) is 27.2 Å². The second-order valence-electron chi connectivity index (χ2n) is 6.54. The molecular weight excluding hydrogens is 306 g/mol. The molecule has 0 bridgehead atoms. The van der Waals surface area contributed by atoms with Gasteiger partial charge in [-0.3, -0.25) is 14.4 Å². The normalized spacial score (nSPS) is 16.8. The number of rotatable bonds is 4. The van der Waals surface area contributed by atoms with Crippen LogP contribution in [0.1, 0.15) is 34.3 Å². The topological polar surface area (TPSA) is 69.7 Å². The second-order valence-corrected chi connectivity index (χ2v) is 6.54. The maximum atomic E-state index is 12.4. The summed E-state index contributed by atoms with van der Waals surface area (Å²) >= 11 is 0. The van der Waals surface area contributed by atoms with Crippen molar-refractivity contribution in [3.63, 3.8) is 0 Å². The average Bonchev–Trinajstić information content (AvgIpc) is 2.99. The molecule has 1 aliphatic rings. The lowest BCUT2D eigenvalue weighted by molar-refractivity contribution is -0.141. The average molecular weight is 331 g/mol. The van der Waals surface area contributed by atoms with Crippen molar-refractivity contribution in [2.45, 2.75) is 32.7 Å². The lowest BCUT2D eigenvalue weighted by Gasteiger charge is -2.26. The summed E-state index contributed by atoms with van der Waals surface area (Å²) in [6.07, 6.45) is 1.48. The van der Waals surface area contributed by atoms with Gasteiger partial charge in [-0.25, -0.2) is 0 Å². The number of hydrogen-bond acceptors (Lipinski definition) is 3. The molecule has 3 amide bonds. The molecule has 2 rings (SSSR count). The molecule has 0 saturated carbocycles. The van der Waals surface area contributed by atoms with E-state index in [1.54, 1.807) is 31.1 Å². The van der Waals surface area contributed by atoms with E-state index in [-0.39, 0.29) is 24.3 Å². The minimum absolute atomic E-state index is 0.0681. The van der Waals surface area contributed by atoms with E-state index >= 15 is 0 Å². The number of carbonyl (C=O) groups excluding carboxylic acids is 3. The highest BCUT2D eigenvalue weighted by Crippen LogP contribution is 2.18. The Morgan fingerprint density at radius 2 is 1.79 bits per heavy atom. The van der Waals surface area contributed by atoms with Gasteiger partial charge in [-0.1, -0.05) is 17.2 Å². The van der Waals surface area contributed by atoms with Crippen molar-refractivity contribution < 1.29 is 14.4 Å². The number of amides is 3. The predicted octanol–water partition coefficient (Wildman–Crippen LogP) is 1.11. The summed E-state index contributed by atoms with van der Waals surface area (Å²) < 4.78 is 0. The Balaban J connectivity index is 1.97. The molecule has 1 aliphatic heterocycles. The first-order valence-electron chi connectivity index (χ1n) is 8.16. The predicted molar refractivity (Wildman–Crippen MR) is 91.7 cm³/mol. The molecule has 130 valence electrons. The first-order valence-corrected chi connectivity index (χ1v) is 8.16. The summed E-state index contributed by atoms with van der Waals surface area (Å²) in [6, 6.07) is 5.16. The van der Waals surface area contributed by atoms with Crippen LogP contribution in [0.5, 0.6) is 0 Å². The van der Waals surface area contributed by atoms with Gasteiger partial charge >= 0.3 is 0 Å². The summed E-state index contributed by atoms with van der Waals surface area (Å²) in [5, 5.41) is 2.66. The zero-order valence-electron chi connectivity index (χ0n) is 14.8. The van der Waals surface area contributed by atoms with Crippen molar-refractivity contribution >= 4 is 17.7 Å². The Kier molecular flexibility index (Phi) is 5.59. The molecule has 6 heteroatoms. The first kappa shape index (κ1) is 18.0. The van der Waals surface area contributed by atoms with E-state index in [2.05, 4.69) is 5.32 Å². The number of carbonyl (C=O) groups is 3. The number of benzene rings is 1. The van der Waals surface area contributed by atoms with Crippen molar-refractivity contribution in [3.05, 3.63) is 34.9 Å². The minimum Gasteiger partial charge on any atom is -0.347 e. The van der Waals surface area contributed by atoms with Gasteiger partial charge in [-0.05, 0) is 38.8 Å². The summed E-state index contributed by atoms with van der Waals surface area (Å²) in [7, 11) is 3.37. The Morgan fingerprint density at radius 3 is 2.38 bits per heavy atom. The van der Waals surface area contributed by atoms with Crippen LogP contribution in [0.15, 0.2) is 18.2 Å². The van der Waals surface area contributed by atoms with Gasteiger partial charge in [-0.2, -0.15) is 0 Å². The van der Waals surface area contributed by atoms with Gasteiger partial charge in [0.05, 0.1) is 6.54 Å². The molecule has 1 aromatic carbocycles. The summed E-state index contributed by atoms with van der Waals surface area (Å²) in [5.41, 5.74) is 2.55. The number of hydrogen-bond donors (Lipinski definition) is 1. The number of nitrogens with zero attached hydrogens (tertiary/aromatic N) is 2. The third-order valence-corrected chi connectivity index (χ3v) is 4.18. The van der Waals surface area contributed by atoms with Crippen LogP contribution >= 0.6 is 0 Å². The largest absolute Gasteiger partial charge is 0.347 e. The molecule has 24 heavy (non-hydrogen) atoms. The molecule has 1 unspecified atom stereocenters. The van der Waals surface area contributed by atoms with Crippen LogP contribution in [0.25, 0.3) is 0 Å². The Hall–Kier alpha value is -2.37. The first-order chi connectivity index (χ1) is 11.3. The van der Waals surface area contributed by atoms with Gasteiger partial charge < -0.3 is 15.1 Å². The molecule has 1 atom stereocenters. The standard InChI is InChI=1S/C18H25N3O3/c1-12-8-13(2)10-14(9-12)17(23)19-11-16(22)21-7-5-6-15(21)18(24)20(3)4/h8-10,15H,5-7,11H2,1-4H3,(H,19,23). The van der Waals surface area contributed by atoms with E-state index in [0.717, 1.165) is 17.5 Å². The fraction of sp³-hybridized carbons (Fsp3) is 0.500. The van der Waals surface area contributed by atoms with Crippen LogP contribution in [-0.4, -0.2) is 60.7 Å². The summed E-state index contributed by atoms with van der Waals surface area (Å²) in [6.45, 7) is 4.32. The van der Waals surface area contributed by atoms with Crippen LogP contribution in [0.2, 0.25) is 0 Å². The highest BCUT2D eigenvalue weighted by molar-refractivity contribution is 5.97. The van der Waals surface area contributed by atoms with Crippen molar-refractivity contribution in [3.8, 4) is 0 Å². The Labute approximate surface area is 142 Å². The molecule has 0 radical (unpaired) electrons. The van der Waals surface area contributed by atoms with Crippen molar-refractivity contribution in [2.24, 2.45) is 0 Å². The minimum atomic E-state index is -0.411. The molecule has 1 heterocycles. The molecule has 1 aromatic rings. The van der Waals surface area contributed by atoms with Crippen LogP contribution in [0.4, 0.5) is 0 Å². The van der Waals surface area contributed by atoms with E-state index < -0.39 is 6.04 Å². The van der Waals surface area contributed by atoms with Gasteiger partial charge in [-0.15, -0.1) is 0 Å². The van der Waals surface area contributed by atoms with Gasteiger partial charge in [0.25, 0.3) is 5.91 Å². The van der Waals surface area contributed by atoms with E-state index in [1.165, 1.54) is 4.90 Å². The molecule has 1 fully saturated rings. The summed E-state index contributed by atoms with van der Waals surface area (Å²) in [5.74, 6) is -0.559. The monoisotopic (exact) mass is 331 g/mol.